The number of anilines is 2. The van der Waals surface area contributed by atoms with Gasteiger partial charge in [0.25, 0.3) is 0 Å². The van der Waals surface area contributed by atoms with E-state index in [1.807, 2.05) is 57.4 Å². The third-order valence-corrected chi connectivity index (χ3v) is 7.30. The number of aryl methyl sites for hydroxylation is 1. The maximum Gasteiger partial charge on any atom is 0.128 e. The van der Waals surface area contributed by atoms with Crippen LogP contribution in [0, 0.1) is 5.92 Å². The summed E-state index contributed by atoms with van der Waals surface area (Å²) in [6.45, 7) is 6.99. The molecule has 38 heavy (non-hydrogen) atoms. The first-order valence-electron chi connectivity index (χ1n) is 12.9. The Labute approximate surface area is 223 Å². The molecule has 4 aromatic rings. The molecule has 9 nitrogen and oxygen atoms in total. The average molecular weight is 518 g/mol. The molecule has 2 aromatic heterocycles. The van der Waals surface area contributed by atoms with E-state index in [0.29, 0.717) is 12.3 Å². The van der Waals surface area contributed by atoms with Crippen LogP contribution in [0.4, 0.5) is 11.4 Å². The second kappa shape index (κ2) is 10.6. The van der Waals surface area contributed by atoms with E-state index in [9.17, 15) is 5.11 Å². The molecule has 3 heterocycles. The van der Waals surface area contributed by atoms with Gasteiger partial charge in [0.1, 0.15) is 11.5 Å². The zero-order valence-electron chi connectivity index (χ0n) is 22.8. The molecular weight excluding hydrogens is 482 g/mol. The number of aromatic nitrogens is 4. The van der Waals surface area contributed by atoms with Crippen LogP contribution in [0.1, 0.15) is 32.3 Å². The highest BCUT2D eigenvalue weighted by atomic mass is 16.5. The van der Waals surface area contributed by atoms with Gasteiger partial charge in [-0.3, -0.25) is 9.67 Å². The summed E-state index contributed by atoms with van der Waals surface area (Å²) in [4.78, 5) is 11.7. The van der Waals surface area contributed by atoms with E-state index in [1.54, 1.807) is 31.3 Å². The lowest BCUT2D eigenvalue weighted by atomic mass is 9.87. The molecule has 0 spiro atoms. The van der Waals surface area contributed by atoms with Crippen molar-refractivity contribution in [2.24, 2.45) is 13.0 Å². The zero-order chi connectivity index (χ0) is 27.0. The van der Waals surface area contributed by atoms with E-state index in [1.165, 1.54) is 0 Å². The zero-order valence-corrected chi connectivity index (χ0v) is 22.8. The summed E-state index contributed by atoms with van der Waals surface area (Å²) in [5, 5.41) is 14.7. The minimum atomic E-state index is -0.531. The first-order chi connectivity index (χ1) is 18.3. The summed E-state index contributed by atoms with van der Waals surface area (Å²) >= 11 is 0. The summed E-state index contributed by atoms with van der Waals surface area (Å²) in [5.41, 5.74) is 6.26. The van der Waals surface area contributed by atoms with Gasteiger partial charge in [-0.2, -0.15) is 5.10 Å². The molecule has 0 radical (unpaired) electrons. The van der Waals surface area contributed by atoms with Gasteiger partial charge in [0.2, 0.25) is 0 Å². The Hall–Kier alpha value is -3.69. The summed E-state index contributed by atoms with van der Waals surface area (Å²) < 4.78 is 19.5. The molecule has 0 bridgehead atoms. The number of hydrogen-bond donors (Lipinski definition) is 1. The van der Waals surface area contributed by atoms with Crippen LogP contribution in [0.3, 0.4) is 0 Å². The molecule has 0 aliphatic carbocycles. The number of ether oxygens (including phenoxy) is 3. The number of fused-ring (bicyclic) bond motifs is 2. The minimum absolute atomic E-state index is 0.0406. The molecular formula is C29H35N5O4. The molecule has 5 rings (SSSR count). The standard InChI is InChI=1S/C29H35N5O4/c1-17(2)26(35)16-38-28-15-34(25-10-21(36-5)11-27(37-6)29(25)18(28)3)20-7-8-22-23(9-20)32-24(13-30-22)19-12-31-33(4)14-19/h7-14,17-18,26,28,35H,15-16H2,1-6H3. The van der Waals surface area contributed by atoms with Crippen molar-refractivity contribution in [1.82, 2.24) is 19.7 Å². The van der Waals surface area contributed by atoms with Gasteiger partial charge < -0.3 is 24.2 Å². The van der Waals surface area contributed by atoms with Gasteiger partial charge in [0, 0.05) is 48.1 Å². The number of rotatable bonds is 8. The van der Waals surface area contributed by atoms with Gasteiger partial charge in [0.05, 0.1) is 74.4 Å². The van der Waals surface area contributed by atoms with Crippen LogP contribution < -0.4 is 14.4 Å². The van der Waals surface area contributed by atoms with Crippen LogP contribution in [0.25, 0.3) is 22.3 Å². The third kappa shape index (κ3) is 4.91. The van der Waals surface area contributed by atoms with Crippen molar-refractivity contribution in [2.45, 2.75) is 38.9 Å². The van der Waals surface area contributed by atoms with Crippen LogP contribution in [0.2, 0.25) is 0 Å². The predicted molar refractivity (Wildman–Crippen MR) is 147 cm³/mol. The highest BCUT2D eigenvalue weighted by molar-refractivity contribution is 5.84. The molecule has 3 unspecified atom stereocenters. The molecule has 3 atom stereocenters. The number of hydrogen-bond acceptors (Lipinski definition) is 8. The van der Waals surface area contributed by atoms with Crippen molar-refractivity contribution >= 4 is 22.4 Å². The van der Waals surface area contributed by atoms with Crippen molar-refractivity contribution in [3.8, 4) is 22.8 Å². The summed E-state index contributed by atoms with van der Waals surface area (Å²) in [7, 11) is 5.21. The Morgan fingerprint density at radius 2 is 1.89 bits per heavy atom. The van der Waals surface area contributed by atoms with Crippen molar-refractivity contribution in [3.05, 3.63) is 54.5 Å². The normalized spacial score (nSPS) is 18.1. The Morgan fingerprint density at radius 1 is 1.08 bits per heavy atom. The SMILES string of the molecule is COc1cc(OC)c2c(c1)N(c1ccc3ncc(-c4cnn(C)c4)nc3c1)CC(OCC(O)C(C)C)C2C. The van der Waals surface area contributed by atoms with Gasteiger partial charge in [-0.05, 0) is 24.1 Å². The Morgan fingerprint density at radius 3 is 2.58 bits per heavy atom. The average Bonchev–Trinajstić information content (AvgIpc) is 3.37. The van der Waals surface area contributed by atoms with Gasteiger partial charge in [0.15, 0.2) is 0 Å². The second-order valence-corrected chi connectivity index (χ2v) is 10.2. The summed E-state index contributed by atoms with van der Waals surface area (Å²) in [6, 6.07) is 10.0. The van der Waals surface area contributed by atoms with Crippen LogP contribution >= 0.6 is 0 Å². The van der Waals surface area contributed by atoms with Gasteiger partial charge in [-0.1, -0.05) is 20.8 Å². The van der Waals surface area contributed by atoms with E-state index < -0.39 is 6.10 Å². The van der Waals surface area contributed by atoms with Crippen LogP contribution in [-0.2, 0) is 11.8 Å². The molecule has 1 N–H and O–H groups in total. The van der Waals surface area contributed by atoms with Crippen molar-refractivity contribution < 1.29 is 19.3 Å². The fourth-order valence-corrected chi connectivity index (χ4v) is 4.89. The van der Waals surface area contributed by atoms with Gasteiger partial charge >= 0.3 is 0 Å². The smallest absolute Gasteiger partial charge is 0.128 e. The quantitative estimate of drug-likeness (QED) is 0.359. The second-order valence-electron chi connectivity index (χ2n) is 10.2. The minimum Gasteiger partial charge on any atom is -0.497 e. The van der Waals surface area contributed by atoms with Crippen molar-refractivity contribution in [2.75, 3.05) is 32.3 Å². The molecule has 1 aliphatic heterocycles. The first kappa shape index (κ1) is 25.9. The van der Waals surface area contributed by atoms with E-state index in [4.69, 9.17) is 19.2 Å². The molecule has 0 saturated carbocycles. The highest BCUT2D eigenvalue weighted by Gasteiger charge is 2.36. The van der Waals surface area contributed by atoms with Crippen LogP contribution in [0.5, 0.6) is 11.5 Å². The number of nitrogens with zero attached hydrogens (tertiary/aromatic N) is 5. The number of methoxy groups -OCH3 is 2. The third-order valence-electron chi connectivity index (χ3n) is 7.30. The van der Waals surface area contributed by atoms with E-state index in [0.717, 1.165) is 45.0 Å². The Balaban J connectivity index is 1.59. The topological polar surface area (TPSA) is 94.8 Å². The van der Waals surface area contributed by atoms with Crippen molar-refractivity contribution in [3.63, 3.8) is 0 Å². The highest BCUT2D eigenvalue weighted by Crippen LogP contribution is 2.47. The number of aliphatic hydroxyl groups excluding tert-OH is 1. The Kier molecular flexibility index (Phi) is 7.23. The first-order valence-corrected chi connectivity index (χ1v) is 12.9. The number of benzene rings is 2. The van der Waals surface area contributed by atoms with Gasteiger partial charge in [-0.15, -0.1) is 0 Å². The lowest BCUT2D eigenvalue weighted by Crippen LogP contribution is -2.41. The molecule has 9 heteroatoms. The largest absolute Gasteiger partial charge is 0.497 e. The molecule has 0 saturated heterocycles. The molecule has 0 fully saturated rings. The van der Waals surface area contributed by atoms with E-state index >= 15 is 0 Å². The summed E-state index contributed by atoms with van der Waals surface area (Å²) in [6.07, 6.45) is 4.79. The molecule has 1 aliphatic rings. The van der Waals surface area contributed by atoms with E-state index in [2.05, 4.69) is 21.9 Å². The maximum atomic E-state index is 10.4. The number of aliphatic hydroxyl groups is 1. The molecule has 200 valence electrons. The van der Waals surface area contributed by atoms with Crippen molar-refractivity contribution in [1.29, 1.82) is 0 Å². The fourth-order valence-electron chi connectivity index (χ4n) is 4.89. The lowest BCUT2D eigenvalue weighted by Gasteiger charge is -2.41. The fraction of sp³-hybridized carbons (Fsp3) is 0.414. The van der Waals surface area contributed by atoms with Gasteiger partial charge in [-0.25, -0.2) is 4.98 Å². The van der Waals surface area contributed by atoms with E-state index in [-0.39, 0.29) is 24.5 Å². The predicted octanol–water partition coefficient (Wildman–Crippen LogP) is 4.70. The lowest BCUT2D eigenvalue weighted by molar-refractivity contribution is -0.0313. The maximum absolute atomic E-state index is 10.4. The Bertz CT molecular complexity index is 1440. The van der Waals surface area contributed by atoms with Crippen LogP contribution in [0.15, 0.2) is 48.9 Å². The molecule has 0 amide bonds. The van der Waals surface area contributed by atoms with Crippen LogP contribution in [-0.4, -0.2) is 64.4 Å². The monoisotopic (exact) mass is 517 g/mol. The molecule has 2 aromatic carbocycles. The summed E-state index contributed by atoms with van der Waals surface area (Å²) in [5.74, 6) is 1.61.